The fraction of sp³-hybridized carbons (Fsp3) is 1.00. The Morgan fingerprint density at radius 2 is 1.72 bits per heavy atom. The van der Waals surface area contributed by atoms with Crippen LogP contribution in [0.1, 0.15) is 0 Å². The summed E-state index contributed by atoms with van der Waals surface area (Å²) < 4.78 is 47.1. The number of halogens is 3. The Morgan fingerprint density at radius 3 is 2.22 bits per heavy atom. The first-order valence-corrected chi connectivity index (χ1v) is 15.0. The van der Waals surface area contributed by atoms with Crippen molar-refractivity contribution in [3.05, 3.63) is 0 Å². The molecule has 1 aliphatic heterocycles. The van der Waals surface area contributed by atoms with Gasteiger partial charge in [0.05, 0.1) is 15.4 Å². The average Bonchev–Trinajstić information content (AvgIpc) is 2.17. The summed E-state index contributed by atoms with van der Waals surface area (Å²) in [4.78, 5) is 0. The van der Waals surface area contributed by atoms with E-state index < -0.39 is 36.4 Å². The topological polar surface area (TPSA) is 21.6 Å². The molecule has 0 aliphatic carbocycles. The second-order valence-electron chi connectivity index (χ2n) is 6.67. The number of hydrogen-bond donors (Lipinski definition) is 0. The Balaban J connectivity index is 2.96. The van der Waals surface area contributed by atoms with Crippen molar-refractivity contribution in [2.24, 2.45) is 4.41 Å². The van der Waals surface area contributed by atoms with Gasteiger partial charge in [0.15, 0.2) is 8.24 Å². The maximum absolute atomic E-state index is 12.3. The lowest BCUT2D eigenvalue weighted by Crippen LogP contribution is -2.32. The van der Waals surface area contributed by atoms with Crippen LogP contribution in [0.5, 0.6) is 0 Å². The Morgan fingerprint density at radius 1 is 1.17 bits per heavy atom. The summed E-state index contributed by atoms with van der Waals surface area (Å²) in [6, 6.07) is 2.26. The number of rotatable bonds is 2. The summed E-state index contributed by atoms with van der Waals surface area (Å²) in [7, 11) is -5.43. The smallest absolute Gasteiger partial charge is 0.336 e. The number of nitrogens with zero attached hydrogens (tertiary/aromatic N) is 1. The van der Waals surface area contributed by atoms with Gasteiger partial charge in [0, 0.05) is 0 Å². The molecule has 8 heteroatoms. The highest BCUT2D eigenvalue weighted by Crippen LogP contribution is 2.54. The molecule has 1 atom stereocenters. The van der Waals surface area contributed by atoms with Crippen LogP contribution in [0, 0.1) is 0 Å². The highest BCUT2D eigenvalue weighted by atomic mass is 31.2. The van der Waals surface area contributed by atoms with Gasteiger partial charge in [0.25, 0.3) is 0 Å². The average molecular weight is 317 g/mol. The summed E-state index contributed by atoms with van der Waals surface area (Å²) in [5.74, 6) is 0.798. The molecule has 0 spiro atoms. The van der Waals surface area contributed by atoms with E-state index in [1.54, 1.807) is 0 Å². The quantitative estimate of drug-likeness (QED) is 0.530. The van der Waals surface area contributed by atoms with Gasteiger partial charge < -0.3 is 8.93 Å². The van der Waals surface area contributed by atoms with E-state index in [0.29, 0.717) is 0 Å². The van der Waals surface area contributed by atoms with Gasteiger partial charge in [-0.2, -0.15) is 13.2 Å². The van der Waals surface area contributed by atoms with E-state index in [1.165, 1.54) is 6.04 Å². The summed E-state index contributed by atoms with van der Waals surface area (Å²) in [5, 5.41) is 0. The summed E-state index contributed by atoms with van der Waals surface area (Å²) in [5.41, 5.74) is 0. The van der Waals surface area contributed by atoms with Crippen LogP contribution in [0.4, 0.5) is 13.2 Å². The monoisotopic (exact) mass is 317 g/mol. The van der Waals surface area contributed by atoms with E-state index >= 15 is 0 Å². The van der Waals surface area contributed by atoms with Crippen LogP contribution in [0.2, 0.25) is 38.3 Å². The summed E-state index contributed by atoms with van der Waals surface area (Å²) >= 11 is 0. The Labute approximate surface area is 110 Å². The van der Waals surface area contributed by atoms with Crippen LogP contribution < -0.4 is 0 Å². The van der Waals surface area contributed by atoms with Crippen LogP contribution in [-0.2, 0) is 4.52 Å². The first-order valence-electron chi connectivity index (χ1n) is 6.14. The number of hydrogen-bond acceptors (Lipinski definition) is 2. The minimum Gasteiger partial charge on any atom is -0.336 e. The highest BCUT2D eigenvalue weighted by molar-refractivity contribution is 7.64. The van der Waals surface area contributed by atoms with Crippen molar-refractivity contribution in [2.75, 3.05) is 19.1 Å². The second kappa shape index (κ2) is 5.07. The van der Waals surface area contributed by atoms with E-state index in [4.69, 9.17) is 8.93 Å². The van der Waals surface area contributed by atoms with Crippen LogP contribution in [0.25, 0.3) is 0 Å². The Hall–Kier alpha value is 0.414. The lowest BCUT2D eigenvalue weighted by Gasteiger charge is -2.28. The van der Waals surface area contributed by atoms with Crippen molar-refractivity contribution in [2.45, 2.75) is 44.5 Å². The molecule has 0 aromatic carbocycles. The lowest BCUT2D eigenvalue weighted by molar-refractivity contribution is -0.152. The van der Waals surface area contributed by atoms with E-state index in [2.05, 4.69) is 26.2 Å². The predicted molar refractivity (Wildman–Crippen MR) is 76.7 cm³/mol. The van der Waals surface area contributed by atoms with Gasteiger partial charge in [-0.25, -0.2) is 0 Å². The minimum atomic E-state index is -4.25. The molecule has 108 valence electrons. The molecule has 0 aromatic rings. The Bertz CT molecular complexity index is 369. The maximum atomic E-state index is 12.3. The molecule has 1 unspecified atom stereocenters. The molecule has 0 N–H and O–H groups in total. The molecule has 0 aromatic heterocycles. The van der Waals surface area contributed by atoms with Gasteiger partial charge in [-0.15, -0.1) is 0 Å². The van der Waals surface area contributed by atoms with Crippen molar-refractivity contribution in [3.63, 3.8) is 0 Å². The van der Waals surface area contributed by atoms with Crippen molar-refractivity contribution in [1.29, 1.82) is 0 Å². The molecule has 0 radical (unpaired) electrons. The zero-order valence-corrected chi connectivity index (χ0v) is 14.7. The molecule has 1 rings (SSSR count). The van der Waals surface area contributed by atoms with E-state index in [0.717, 1.165) is 11.8 Å². The third-order valence-corrected chi connectivity index (χ3v) is 17.0. The van der Waals surface area contributed by atoms with E-state index in [1.807, 2.05) is 6.66 Å². The maximum Gasteiger partial charge on any atom is 0.412 e. The van der Waals surface area contributed by atoms with Crippen molar-refractivity contribution in [3.8, 4) is 0 Å². The fourth-order valence-electron chi connectivity index (χ4n) is 2.46. The van der Waals surface area contributed by atoms with Crippen LogP contribution in [-0.4, -0.2) is 41.5 Å². The normalized spacial score (nSPS) is 31.6. The predicted octanol–water partition coefficient (Wildman–Crippen LogP) is 4.78. The van der Waals surface area contributed by atoms with Crippen molar-refractivity contribution in [1.82, 2.24) is 0 Å². The molecule has 2 nitrogen and oxygen atoms in total. The fourth-order valence-corrected chi connectivity index (χ4v) is 21.5. The first-order chi connectivity index (χ1) is 7.83. The SMILES string of the molecule is C[Si]1(C)CC[Si](C)(C)N=P(C)(OCC(F)(F)F)C1. The zero-order valence-electron chi connectivity index (χ0n) is 11.8. The zero-order chi connectivity index (χ0) is 14.2. The molecule has 0 saturated heterocycles. The second-order valence-corrected chi connectivity index (χ2v) is 20.1. The molecule has 0 bridgehead atoms. The largest absolute Gasteiger partial charge is 0.412 e. The molecule has 0 fully saturated rings. The minimum absolute atomic E-state index is 0.798. The van der Waals surface area contributed by atoms with Crippen LogP contribution in [0.3, 0.4) is 0 Å². The molecule has 18 heavy (non-hydrogen) atoms. The molecule has 0 amide bonds. The number of alkyl halides is 3. The van der Waals surface area contributed by atoms with Gasteiger partial charge in [0.2, 0.25) is 0 Å². The van der Waals surface area contributed by atoms with Gasteiger partial charge in [0.1, 0.15) is 6.61 Å². The van der Waals surface area contributed by atoms with E-state index in [-0.39, 0.29) is 0 Å². The van der Waals surface area contributed by atoms with Crippen molar-refractivity contribution < 1.29 is 17.7 Å². The summed E-state index contributed by atoms with van der Waals surface area (Å²) in [6.45, 7) is 9.46. The molecule has 1 aliphatic rings. The van der Waals surface area contributed by atoms with Crippen LogP contribution >= 0.6 is 7.28 Å². The third-order valence-electron chi connectivity index (χ3n) is 3.12. The highest BCUT2D eigenvalue weighted by Gasteiger charge is 2.39. The molecular formula is C10H23F3NOPSi2. The van der Waals surface area contributed by atoms with Gasteiger partial charge in [-0.05, 0) is 31.6 Å². The molecule has 1 heterocycles. The molecular weight excluding hydrogens is 294 g/mol. The summed E-state index contributed by atoms with van der Waals surface area (Å²) in [6.07, 6.45) is -4.25. The van der Waals surface area contributed by atoms with Crippen LogP contribution in [0.15, 0.2) is 4.41 Å². The van der Waals surface area contributed by atoms with Gasteiger partial charge in [-0.3, -0.25) is 0 Å². The van der Waals surface area contributed by atoms with Gasteiger partial charge >= 0.3 is 6.18 Å². The molecule has 0 saturated carbocycles. The standard InChI is InChI=1S/C10H23F3NOPSi2/c1-16(15-8-10(11,12)13)9-17(2,3)6-7-18(4,5)14-16/h6-9H2,1-5H3. The van der Waals surface area contributed by atoms with Gasteiger partial charge in [-0.1, -0.05) is 19.1 Å². The first kappa shape index (κ1) is 16.5. The van der Waals surface area contributed by atoms with E-state index in [9.17, 15) is 13.2 Å². The Kier molecular flexibility index (Phi) is 4.64. The van der Waals surface area contributed by atoms with Crippen molar-refractivity contribution >= 4 is 23.6 Å². The third kappa shape index (κ3) is 5.59. The lowest BCUT2D eigenvalue weighted by atomic mass is 10.7.